The molecule has 0 aliphatic heterocycles. The Morgan fingerprint density at radius 2 is 2.24 bits per heavy atom. The Morgan fingerprint density at radius 3 is 2.90 bits per heavy atom. The van der Waals surface area contributed by atoms with Gasteiger partial charge in [-0.15, -0.1) is 12.4 Å². The number of aliphatic hydroxyl groups is 1. The van der Waals surface area contributed by atoms with Gasteiger partial charge in [-0.2, -0.15) is 0 Å². The summed E-state index contributed by atoms with van der Waals surface area (Å²) in [6, 6.07) is 7.03. The Bertz CT molecular complexity index is 471. The minimum Gasteiger partial charge on any atom is -0.387 e. The summed E-state index contributed by atoms with van der Waals surface area (Å²) in [6.07, 6.45) is 2.22. The molecule has 2 rings (SSSR count). The molecule has 0 bridgehead atoms. The number of amides is 1. The van der Waals surface area contributed by atoms with Gasteiger partial charge >= 0.3 is 0 Å². The molecular weight excluding hydrogens is 311 g/mol. The second-order valence-corrected chi connectivity index (χ2v) is 5.79. The van der Waals surface area contributed by atoms with Crippen molar-refractivity contribution >= 4 is 29.9 Å². The first-order valence-electron chi connectivity index (χ1n) is 7.03. The average Bonchev–Trinajstić information content (AvgIpc) is 2.92. The van der Waals surface area contributed by atoms with Crippen LogP contribution in [-0.4, -0.2) is 24.1 Å². The SMILES string of the molecule is Cl.NC[C@H]1CCC[C@H]1C(=O)NCC(O)c1cccc(Cl)c1. The number of hydrogen-bond donors (Lipinski definition) is 3. The molecule has 1 fully saturated rings. The van der Waals surface area contributed by atoms with Crippen LogP contribution in [0.5, 0.6) is 0 Å². The molecule has 1 amide bonds. The summed E-state index contributed by atoms with van der Waals surface area (Å²) >= 11 is 5.88. The molecule has 1 aliphatic rings. The predicted octanol–water partition coefficient (Wildman–Crippen LogP) is 2.29. The summed E-state index contributed by atoms with van der Waals surface area (Å²) in [4.78, 5) is 12.1. The molecule has 0 spiro atoms. The minimum atomic E-state index is -0.740. The summed E-state index contributed by atoms with van der Waals surface area (Å²) in [5.74, 6) is 0.268. The molecule has 1 aliphatic carbocycles. The van der Waals surface area contributed by atoms with Gasteiger partial charge in [0.1, 0.15) is 0 Å². The van der Waals surface area contributed by atoms with Crippen LogP contribution in [0.2, 0.25) is 5.02 Å². The highest BCUT2D eigenvalue weighted by molar-refractivity contribution is 6.30. The Labute approximate surface area is 136 Å². The van der Waals surface area contributed by atoms with E-state index in [1.165, 1.54) is 0 Å². The van der Waals surface area contributed by atoms with Crippen LogP contribution in [0.25, 0.3) is 0 Å². The van der Waals surface area contributed by atoms with Gasteiger partial charge in [0.15, 0.2) is 0 Å². The highest BCUT2D eigenvalue weighted by atomic mass is 35.5. The normalized spacial score (nSPS) is 22.4. The molecule has 1 unspecified atom stereocenters. The Kier molecular flexibility index (Phi) is 7.46. The molecule has 6 heteroatoms. The molecule has 4 N–H and O–H groups in total. The Hall–Kier alpha value is -0.810. The number of carbonyl (C=O) groups excluding carboxylic acids is 1. The largest absolute Gasteiger partial charge is 0.387 e. The molecule has 0 heterocycles. The zero-order chi connectivity index (χ0) is 14.5. The molecule has 3 atom stereocenters. The predicted molar refractivity (Wildman–Crippen MR) is 86.6 cm³/mol. The topological polar surface area (TPSA) is 75.4 Å². The van der Waals surface area contributed by atoms with Gasteiger partial charge in [0.2, 0.25) is 5.91 Å². The zero-order valence-corrected chi connectivity index (χ0v) is 13.4. The smallest absolute Gasteiger partial charge is 0.223 e. The maximum atomic E-state index is 12.1. The maximum absolute atomic E-state index is 12.1. The number of nitrogens with one attached hydrogen (secondary N) is 1. The van der Waals surface area contributed by atoms with Crippen LogP contribution >= 0.6 is 24.0 Å². The van der Waals surface area contributed by atoms with Gasteiger partial charge in [0.05, 0.1) is 6.10 Å². The zero-order valence-electron chi connectivity index (χ0n) is 11.8. The van der Waals surface area contributed by atoms with E-state index in [1.807, 2.05) is 0 Å². The molecule has 4 nitrogen and oxygen atoms in total. The van der Waals surface area contributed by atoms with Crippen molar-refractivity contribution in [2.24, 2.45) is 17.6 Å². The van der Waals surface area contributed by atoms with Crippen LogP contribution in [-0.2, 0) is 4.79 Å². The van der Waals surface area contributed by atoms with Gasteiger partial charge < -0.3 is 16.2 Å². The Balaban J connectivity index is 0.00000220. The second kappa shape index (κ2) is 8.59. The third kappa shape index (κ3) is 4.85. The quantitative estimate of drug-likeness (QED) is 0.774. The number of hydrogen-bond acceptors (Lipinski definition) is 3. The number of halogens is 2. The van der Waals surface area contributed by atoms with Crippen molar-refractivity contribution in [3.63, 3.8) is 0 Å². The maximum Gasteiger partial charge on any atom is 0.223 e. The van der Waals surface area contributed by atoms with Crippen LogP contribution in [0.3, 0.4) is 0 Å². The lowest BCUT2D eigenvalue weighted by Crippen LogP contribution is -2.37. The first kappa shape index (κ1) is 18.2. The fourth-order valence-corrected chi connectivity index (χ4v) is 3.02. The monoisotopic (exact) mass is 332 g/mol. The van der Waals surface area contributed by atoms with E-state index in [0.717, 1.165) is 19.3 Å². The number of nitrogens with two attached hydrogens (primary N) is 1. The van der Waals surface area contributed by atoms with Gasteiger partial charge in [0.25, 0.3) is 0 Å². The number of benzene rings is 1. The van der Waals surface area contributed by atoms with E-state index in [2.05, 4.69) is 5.32 Å². The lowest BCUT2D eigenvalue weighted by Gasteiger charge is -2.19. The molecule has 0 aromatic heterocycles. The number of rotatable bonds is 5. The van der Waals surface area contributed by atoms with E-state index in [1.54, 1.807) is 24.3 Å². The molecule has 0 saturated heterocycles. The van der Waals surface area contributed by atoms with Crippen molar-refractivity contribution in [3.05, 3.63) is 34.9 Å². The van der Waals surface area contributed by atoms with Crippen molar-refractivity contribution in [1.82, 2.24) is 5.32 Å². The fraction of sp³-hybridized carbons (Fsp3) is 0.533. The molecule has 0 radical (unpaired) electrons. The lowest BCUT2D eigenvalue weighted by atomic mass is 9.95. The van der Waals surface area contributed by atoms with Crippen LogP contribution in [0.1, 0.15) is 30.9 Å². The highest BCUT2D eigenvalue weighted by Crippen LogP contribution is 2.31. The van der Waals surface area contributed by atoms with Crippen LogP contribution in [0.4, 0.5) is 0 Å². The van der Waals surface area contributed by atoms with Crippen LogP contribution in [0.15, 0.2) is 24.3 Å². The molecule has 1 aromatic carbocycles. The van der Waals surface area contributed by atoms with Crippen molar-refractivity contribution in [3.8, 4) is 0 Å². The van der Waals surface area contributed by atoms with Gasteiger partial charge in [0, 0.05) is 17.5 Å². The summed E-state index contributed by atoms with van der Waals surface area (Å²) < 4.78 is 0. The number of carbonyl (C=O) groups is 1. The van der Waals surface area contributed by atoms with Gasteiger partial charge in [-0.05, 0) is 43.0 Å². The van der Waals surface area contributed by atoms with Crippen LogP contribution < -0.4 is 11.1 Å². The van der Waals surface area contributed by atoms with E-state index in [-0.39, 0.29) is 36.7 Å². The van der Waals surface area contributed by atoms with Crippen LogP contribution in [0, 0.1) is 11.8 Å². The van der Waals surface area contributed by atoms with E-state index < -0.39 is 6.10 Å². The molecule has 1 aromatic rings. The standard InChI is InChI=1S/C15H21ClN2O2.ClH/c16-12-5-1-3-10(7-12)14(19)9-18-15(20)13-6-2-4-11(13)8-17;/h1,3,5,7,11,13-14,19H,2,4,6,8-9,17H2,(H,18,20);1H/t11-,13-,14?;/m1./s1. The highest BCUT2D eigenvalue weighted by Gasteiger charge is 2.31. The summed E-state index contributed by atoms with van der Waals surface area (Å²) in [6.45, 7) is 0.752. The van der Waals surface area contributed by atoms with Crippen molar-refractivity contribution in [2.75, 3.05) is 13.1 Å². The average molecular weight is 333 g/mol. The van der Waals surface area contributed by atoms with Crippen molar-refractivity contribution in [2.45, 2.75) is 25.4 Å². The van der Waals surface area contributed by atoms with E-state index in [4.69, 9.17) is 17.3 Å². The second-order valence-electron chi connectivity index (χ2n) is 5.35. The number of aliphatic hydroxyl groups excluding tert-OH is 1. The first-order valence-corrected chi connectivity index (χ1v) is 7.41. The lowest BCUT2D eigenvalue weighted by molar-refractivity contribution is -0.126. The van der Waals surface area contributed by atoms with E-state index >= 15 is 0 Å². The fourth-order valence-electron chi connectivity index (χ4n) is 2.82. The van der Waals surface area contributed by atoms with E-state index in [9.17, 15) is 9.90 Å². The minimum absolute atomic E-state index is 0. The molecule has 118 valence electrons. The first-order chi connectivity index (χ1) is 9.61. The molecule has 21 heavy (non-hydrogen) atoms. The molecular formula is C15H22Cl2N2O2. The third-order valence-corrected chi connectivity index (χ3v) is 4.24. The summed E-state index contributed by atoms with van der Waals surface area (Å²) in [7, 11) is 0. The third-order valence-electron chi connectivity index (χ3n) is 4.00. The summed E-state index contributed by atoms with van der Waals surface area (Å²) in [5, 5.41) is 13.5. The van der Waals surface area contributed by atoms with Crippen molar-refractivity contribution < 1.29 is 9.90 Å². The molecule has 1 saturated carbocycles. The van der Waals surface area contributed by atoms with Gasteiger partial charge in [-0.25, -0.2) is 0 Å². The van der Waals surface area contributed by atoms with Crippen molar-refractivity contribution in [1.29, 1.82) is 0 Å². The van der Waals surface area contributed by atoms with Gasteiger partial charge in [-0.1, -0.05) is 30.2 Å². The van der Waals surface area contributed by atoms with E-state index in [0.29, 0.717) is 17.1 Å². The Morgan fingerprint density at radius 1 is 1.48 bits per heavy atom. The summed E-state index contributed by atoms with van der Waals surface area (Å²) in [5.41, 5.74) is 6.39. The van der Waals surface area contributed by atoms with Gasteiger partial charge in [-0.3, -0.25) is 4.79 Å².